The van der Waals surface area contributed by atoms with E-state index in [0.29, 0.717) is 11.8 Å². The second kappa shape index (κ2) is 5.83. The Morgan fingerprint density at radius 1 is 1.24 bits per heavy atom. The van der Waals surface area contributed by atoms with Crippen LogP contribution >= 0.6 is 0 Å². The molecule has 0 radical (unpaired) electrons. The largest absolute Gasteiger partial charge is 0.409 e. The molecule has 3 N–H and O–H groups in total. The van der Waals surface area contributed by atoms with Gasteiger partial charge in [0.05, 0.1) is 6.04 Å². The van der Waals surface area contributed by atoms with Crippen molar-refractivity contribution in [1.29, 1.82) is 0 Å². The summed E-state index contributed by atoms with van der Waals surface area (Å²) < 4.78 is 0. The molecule has 2 aliphatic carbocycles. The summed E-state index contributed by atoms with van der Waals surface area (Å²) in [6.07, 6.45) is 4.97. The fraction of sp³-hybridized carbons (Fsp3) is 0.867. The lowest BCUT2D eigenvalue weighted by Crippen LogP contribution is -2.55. The van der Waals surface area contributed by atoms with E-state index >= 15 is 0 Å². The molecule has 1 saturated heterocycles. The number of nitrogens with two attached hydrogens (primary N) is 1. The number of carbonyl (C=O) groups excluding carboxylic acids is 1. The maximum atomic E-state index is 12.7. The molecule has 3 fully saturated rings. The Morgan fingerprint density at radius 2 is 1.95 bits per heavy atom. The maximum absolute atomic E-state index is 12.7. The van der Waals surface area contributed by atoms with Gasteiger partial charge in [-0.05, 0) is 38.0 Å². The Balaban J connectivity index is 1.53. The zero-order chi connectivity index (χ0) is 15.0. The molecular weight excluding hydrogens is 268 g/mol. The third-order valence-corrected chi connectivity index (χ3v) is 5.77. The molecule has 21 heavy (non-hydrogen) atoms. The van der Waals surface area contributed by atoms with Crippen molar-refractivity contribution in [2.45, 2.75) is 38.6 Å². The van der Waals surface area contributed by atoms with Gasteiger partial charge in [0.15, 0.2) is 5.84 Å². The molecule has 1 amide bonds. The van der Waals surface area contributed by atoms with Crippen LogP contribution in [0.2, 0.25) is 0 Å². The quantitative estimate of drug-likeness (QED) is 0.347. The van der Waals surface area contributed by atoms with Crippen LogP contribution in [0.15, 0.2) is 5.16 Å². The number of piperazine rings is 1. The van der Waals surface area contributed by atoms with Crippen LogP contribution in [0.3, 0.4) is 0 Å². The van der Waals surface area contributed by atoms with E-state index in [1.807, 2.05) is 11.8 Å². The molecule has 2 bridgehead atoms. The van der Waals surface area contributed by atoms with Gasteiger partial charge in [-0.2, -0.15) is 0 Å². The van der Waals surface area contributed by atoms with Crippen LogP contribution < -0.4 is 5.73 Å². The molecule has 118 valence electrons. The van der Waals surface area contributed by atoms with Crippen LogP contribution in [0.1, 0.15) is 32.6 Å². The molecule has 0 aromatic heterocycles. The van der Waals surface area contributed by atoms with Crippen LogP contribution in [0.25, 0.3) is 0 Å². The summed E-state index contributed by atoms with van der Waals surface area (Å²) in [6, 6.07) is -0.0743. The fourth-order valence-electron chi connectivity index (χ4n) is 4.38. The minimum absolute atomic E-state index is 0.0743. The Bertz CT molecular complexity index is 431. The molecule has 6 nitrogen and oxygen atoms in total. The van der Waals surface area contributed by atoms with Gasteiger partial charge in [-0.15, -0.1) is 0 Å². The van der Waals surface area contributed by atoms with Gasteiger partial charge >= 0.3 is 0 Å². The first kappa shape index (κ1) is 14.6. The highest BCUT2D eigenvalue weighted by Crippen LogP contribution is 2.48. The van der Waals surface area contributed by atoms with E-state index in [1.165, 1.54) is 19.3 Å². The first-order valence-corrected chi connectivity index (χ1v) is 8.10. The highest BCUT2D eigenvalue weighted by molar-refractivity contribution is 5.85. The number of rotatable bonds is 3. The van der Waals surface area contributed by atoms with Gasteiger partial charge in [-0.1, -0.05) is 11.6 Å². The van der Waals surface area contributed by atoms with Crippen LogP contribution in [-0.2, 0) is 4.79 Å². The third kappa shape index (κ3) is 2.73. The maximum Gasteiger partial charge on any atom is 0.226 e. The number of carbonyl (C=O) groups is 1. The van der Waals surface area contributed by atoms with Gasteiger partial charge in [0, 0.05) is 32.1 Å². The van der Waals surface area contributed by atoms with Crippen molar-refractivity contribution in [2.75, 3.05) is 26.2 Å². The molecule has 3 rings (SSSR count). The van der Waals surface area contributed by atoms with Crippen molar-refractivity contribution in [3.8, 4) is 0 Å². The average Bonchev–Trinajstić information content (AvgIpc) is 3.16. The second-order valence-corrected chi connectivity index (χ2v) is 6.84. The number of nitrogens with zero attached hydrogens (tertiary/aromatic N) is 3. The van der Waals surface area contributed by atoms with Crippen molar-refractivity contribution in [2.24, 2.45) is 28.6 Å². The monoisotopic (exact) mass is 294 g/mol. The van der Waals surface area contributed by atoms with E-state index in [2.05, 4.69) is 10.1 Å². The highest BCUT2D eigenvalue weighted by atomic mass is 16.4. The summed E-state index contributed by atoms with van der Waals surface area (Å²) in [5.74, 6) is 2.36. The minimum Gasteiger partial charge on any atom is -0.409 e. The van der Waals surface area contributed by atoms with Crippen molar-refractivity contribution in [3.63, 3.8) is 0 Å². The lowest BCUT2D eigenvalue weighted by Gasteiger charge is -2.39. The molecular formula is C15H26N4O2. The third-order valence-electron chi connectivity index (χ3n) is 5.77. The van der Waals surface area contributed by atoms with E-state index in [0.717, 1.165) is 38.5 Å². The zero-order valence-corrected chi connectivity index (χ0v) is 12.7. The number of hydrogen-bond acceptors (Lipinski definition) is 4. The van der Waals surface area contributed by atoms with Gasteiger partial charge in [0.25, 0.3) is 0 Å². The molecule has 0 spiro atoms. The Hall–Kier alpha value is -1.30. The lowest BCUT2D eigenvalue weighted by atomic mass is 9.87. The molecule has 4 atom stereocenters. The first-order valence-electron chi connectivity index (χ1n) is 8.10. The van der Waals surface area contributed by atoms with Crippen molar-refractivity contribution >= 4 is 11.7 Å². The number of hydrogen-bond donors (Lipinski definition) is 2. The topological polar surface area (TPSA) is 82.2 Å². The van der Waals surface area contributed by atoms with Gasteiger partial charge in [-0.25, -0.2) is 0 Å². The van der Waals surface area contributed by atoms with Gasteiger partial charge in [0.1, 0.15) is 0 Å². The van der Waals surface area contributed by atoms with E-state index in [9.17, 15) is 4.79 Å². The normalized spacial score (nSPS) is 35.2. The van der Waals surface area contributed by atoms with Crippen molar-refractivity contribution < 1.29 is 10.0 Å². The van der Waals surface area contributed by atoms with E-state index in [1.54, 1.807) is 0 Å². The van der Waals surface area contributed by atoms with Gasteiger partial charge < -0.3 is 15.8 Å². The number of amides is 1. The van der Waals surface area contributed by atoms with E-state index in [-0.39, 0.29) is 17.8 Å². The van der Waals surface area contributed by atoms with E-state index < -0.39 is 0 Å². The predicted molar refractivity (Wildman–Crippen MR) is 80.0 cm³/mol. The molecule has 1 heterocycles. The Morgan fingerprint density at radius 3 is 2.48 bits per heavy atom. The molecule has 1 aliphatic heterocycles. The predicted octanol–water partition coefficient (Wildman–Crippen LogP) is 0.702. The SMILES string of the molecule is CC(C(N)=NO)N1CCN(C(=O)C2CC3CCC2C3)CC1. The lowest BCUT2D eigenvalue weighted by molar-refractivity contribution is -0.139. The van der Waals surface area contributed by atoms with E-state index in [4.69, 9.17) is 10.9 Å². The van der Waals surface area contributed by atoms with Crippen molar-refractivity contribution in [1.82, 2.24) is 9.80 Å². The molecule has 2 saturated carbocycles. The van der Waals surface area contributed by atoms with Crippen LogP contribution in [0.4, 0.5) is 0 Å². The zero-order valence-electron chi connectivity index (χ0n) is 12.7. The molecule has 3 aliphatic rings. The number of amidine groups is 1. The molecule has 0 aromatic carbocycles. The second-order valence-electron chi connectivity index (χ2n) is 6.84. The number of oxime groups is 1. The summed E-state index contributed by atoms with van der Waals surface area (Å²) >= 11 is 0. The summed E-state index contributed by atoms with van der Waals surface area (Å²) in [7, 11) is 0. The summed E-state index contributed by atoms with van der Waals surface area (Å²) in [6.45, 7) is 5.04. The Labute approximate surface area is 125 Å². The Kier molecular flexibility index (Phi) is 4.06. The van der Waals surface area contributed by atoms with Crippen molar-refractivity contribution in [3.05, 3.63) is 0 Å². The summed E-state index contributed by atoms with van der Waals surface area (Å²) in [5.41, 5.74) is 5.66. The summed E-state index contributed by atoms with van der Waals surface area (Å²) in [4.78, 5) is 16.9. The minimum atomic E-state index is -0.0743. The smallest absolute Gasteiger partial charge is 0.226 e. The standard InChI is InChI=1S/C15H26N4O2/c1-10(14(16)17-21)18-4-6-19(7-5-18)15(20)13-9-11-2-3-12(13)8-11/h10-13,21H,2-9H2,1H3,(H2,16,17). The van der Waals surface area contributed by atoms with Crippen LogP contribution in [0, 0.1) is 17.8 Å². The molecule has 4 unspecified atom stereocenters. The van der Waals surface area contributed by atoms with Crippen LogP contribution in [-0.4, -0.2) is 59.0 Å². The summed E-state index contributed by atoms with van der Waals surface area (Å²) in [5, 5.41) is 11.8. The average molecular weight is 294 g/mol. The number of fused-ring (bicyclic) bond motifs is 2. The van der Waals surface area contributed by atoms with Gasteiger partial charge in [-0.3, -0.25) is 9.69 Å². The molecule has 6 heteroatoms. The highest BCUT2D eigenvalue weighted by Gasteiger charge is 2.44. The van der Waals surface area contributed by atoms with Gasteiger partial charge in [0.2, 0.25) is 5.91 Å². The molecule has 0 aromatic rings. The first-order chi connectivity index (χ1) is 10.1. The fourth-order valence-corrected chi connectivity index (χ4v) is 4.38. The van der Waals surface area contributed by atoms with Crippen LogP contribution in [0.5, 0.6) is 0 Å².